The zero-order valence-electron chi connectivity index (χ0n) is 14.2. The summed E-state index contributed by atoms with van der Waals surface area (Å²) >= 11 is 1.64. The van der Waals surface area contributed by atoms with Crippen LogP contribution in [-0.2, 0) is 4.79 Å². The minimum atomic E-state index is 0.250. The quantitative estimate of drug-likeness (QED) is 0.625. The number of nitrogen functional groups attached to an aromatic ring is 1. The van der Waals surface area contributed by atoms with Crippen molar-refractivity contribution >= 4 is 39.6 Å². The Kier molecular flexibility index (Phi) is 4.85. The van der Waals surface area contributed by atoms with Crippen molar-refractivity contribution in [1.29, 1.82) is 0 Å². The molecule has 0 radical (unpaired) electrons. The molecular weight excluding hydrogens is 334 g/mol. The summed E-state index contributed by atoms with van der Waals surface area (Å²) < 4.78 is 0. The second kappa shape index (κ2) is 7.06. The second-order valence-corrected chi connectivity index (χ2v) is 7.22. The Morgan fingerprint density at radius 2 is 1.92 bits per heavy atom. The average molecular weight is 355 g/mol. The normalized spacial score (nSPS) is 13.2. The van der Waals surface area contributed by atoms with Crippen LogP contribution in [0.5, 0.6) is 0 Å². The Morgan fingerprint density at radius 3 is 2.56 bits per heavy atom. The van der Waals surface area contributed by atoms with Crippen molar-refractivity contribution in [2.45, 2.75) is 32.7 Å². The minimum absolute atomic E-state index is 0.250. The predicted molar refractivity (Wildman–Crippen MR) is 104 cm³/mol. The largest absolute Gasteiger partial charge is 0.397 e. The molecule has 130 valence electrons. The van der Waals surface area contributed by atoms with Crippen LogP contribution in [0.3, 0.4) is 0 Å². The number of aryl methyl sites for hydroxylation is 2. The number of anilines is 2. The molecule has 0 aliphatic heterocycles. The van der Waals surface area contributed by atoms with Crippen molar-refractivity contribution in [1.82, 2.24) is 9.97 Å². The Hall–Kier alpha value is -2.67. The van der Waals surface area contributed by atoms with Crippen LogP contribution in [0.2, 0.25) is 0 Å². The van der Waals surface area contributed by atoms with Crippen LogP contribution >= 0.6 is 11.3 Å². The van der Waals surface area contributed by atoms with Crippen molar-refractivity contribution in [3.8, 4) is 11.3 Å². The summed E-state index contributed by atoms with van der Waals surface area (Å²) in [6, 6.07) is 8.82. The number of nitrogens with two attached hydrogens (primary N) is 2. The predicted octanol–water partition coefficient (Wildman–Crippen LogP) is 3.23. The molecule has 5 N–H and O–H groups in total. The molecule has 3 aromatic rings. The van der Waals surface area contributed by atoms with Gasteiger partial charge < -0.3 is 16.8 Å². The molecule has 6 nitrogen and oxygen atoms in total. The molecule has 1 fully saturated rings. The van der Waals surface area contributed by atoms with Gasteiger partial charge in [0.25, 0.3) is 0 Å². The first-order valence-corrected chi connectivity index (χ1v) is 8.91. The molecule has 0 bridgehead atoms. The average Bonchev–Trinajstić information content (AvgIpc) is 3.34. The number of carbonyl (C=O) groups is 1. The monoisotopic (exact) mass is 355 g/mol. The van der Waals surface area contributed by atoms with Crippen molar-refractivity contribution in [3.05, 3.63) is 34.7 Å². The molecule has 1 amide bonds. The molecule has 1 saturated carbocycles. The number of hydrogen-bond donors (Lipinski definition) is 3. The summed E-state index contributed by atoms with van der Waals surface area (Å²) in [5.41, 5.74) is 14.5. The van der Waals surface area contributed by atoms with Gasteiger partial charge in [-0.15, -0.1) is 11.3 Å². The minimum Gasteiger partial charge on any atom is -0.397 e. The highest BCUT2D eigenvalue weighted by Gasteiger charge is 2.24. The molecule has 2 heterocycles. The fraction of sp³-hybridized carbons (Fsp3) is 0.278. The standard InChI is InChI=1S/C17H18N4S.CH3NO/c1-9-5-3-4-6-12(9)15-13-14(18)10(2)22-16(13)21-17(20-15)19-11-7-8-11;2-1-3/h3-6,11H,7-8,18H2,1-2H3,(H,19,20,21);1H,(H2,2,3). The lowest BCUT2D eigenvalue weighted by atomic mass is 10.0. The van der Waals surface area contributed by atoms with Crippen molar-refractivity contribution in [2.24, 2.45) is 5.73 Å². The van der Waals surface area contributed by atoms with Gasteiger partial charge in [0.1, 0.15) is 4.83 Å². The number of aromatic nitrogens is 2. The van der Waals surface area contributed by atoms with E-state index in [1.807, 2.05) is 19.1 Å². The topological polar surface area (TPSA) is 107 Å². The van der Waals surface area contributed by atoms with E-state index >= 15 is 0 Å². The van der Waals surface area contributed by atoms with E-state index in [4.69, 9.17) is 15.5 Å². The van der Waals surface area contributed by atoms with Gasteiger partial charge in [-0.05, 0) is 32.3 Å². The molecule has 0 atom stereocenters. The third-order valence-corrected chi connectivity index (χ3v) is 5.10. The summed E-state index contributed by atoms with van der Waals surface area (Å²) in [5.74, 6) is 0.717. The SMILES string of the molecule is Cc1ccccc1-c1nc(NC2CC2)nc2sc(C)c(N)c12.NC=O. The van der Waals surface area contributed by atoms with Gasteiger partial charge in [0.15, 0.2) is 0 Å². The lowest BCUT2D eigenvalue weighted by Gasteiger charge is -2.10. The number of nitrogens with one attached hydrogen (secondary N) is 1. The highest BCUT2D eigenvalue weighted by atomic mass is 32.1. The number of hydrogen-bond acceptors (Lipinski definition) is 6. The van der Waals surface area contributed by atoms with E-state index in [0.29, 0.717) is 6.04 Å². The summed E-state index contributed by atoms with van der Waals surface area (Å²) in [6.07, 6.45) is 2.65. The first-order chi connectivity index (χ1) is 12.0. The van der Waals surface area contributed by atoms with E-state index in [1.54, 1.807) is 11.3 Å². The highest BCUT2D eigenvalue weighted by Crippen LogP contribution is 2.39. The van der Waals surface area contributed by atoms with Gasteiger partial charge >= 0.3 is 0 Å². The van der Waals surface area contributed by atoms with Gasteiger partial charge in [-0.1, -0.05) is 24.3 Å². The summed E-state index contributed by atoms with van der Waals surface area (Å²) in [5, 5.41) is 4.39. The number of fused-ring (bicyclic) bond motifs is 1. The lowest BCUT2D eigenvalue weighted by Crippen LogP contribution is -2.06. The Bertz CT molecular complexity index is 917. The van der Waals surface area contributed by atoms with E-state index in [1.165, 1.54) is 18.4 Å². The fourth-order valence-electron chi connectivity index (χ4n) is 2.64. The summed E-state index contributed by atoms with van der Waals surface area (Å²) in [7, 11) is 0. The van der Waals surface area contributed by atoms with Crippen LogP contribution in [0, 0.1) is 13.8 Å². The molecule has 4 rings (SSSR count). The first kappa shape index (κ1) is 17.2. The number of benzene rings is 1. The molecule has 25 heavy (non-hydrogen) atoms. The second-order valence-electron chi connectivity index (χ2n) is 6.02. The van der Waals surface area contributed by atoms with Crippen LogP contribution in [0.15, 0.2) is 24.3 Å². The van der Waals surface area contributed by atoms with E-state index in [2.05, 4.69) is 35.1 Å². The number of carbonyl (C=O) groups excluding carboxylic acids is 1. The molecule has 1 aliphatic carbocycles. The zero-order valence-corrected chi connectivity index (χ0v) is 15.1. The van der Waals surface area contributed by atoms with Crippen LogP contribution in [0.1, 0.15) is 23.3 Å². The maximum atomic E-state index is 8.58. The molecule has 2 aromatic heterocycles. The lowest BCUT2D eigenvalue weighted by molar-refractivity contribution is -0.106. The smallest absolute Gasteiger partial charge is 0.224 e. The fourth-order valence-corrected chi connectivity index (χ4v) is 3.58. The zero-order chi connectivity index (χ0) is 18.0. The Labute approximate surface area is 150 Å². The van der Waals surface area contributed by atoms with Gasteiger partial charge in [0.2, 0.25) is 12.4 Å². The summed E-state index contributed by atoms with van der Waals surface area (Å²) in [6.45, 7) is 4.14. The van der Waals surface area contributed by atoms with E-state index in [9.17, 15) is 0 Å². The first-order valence-electron chi connectivity index (χ1n) is 8.09. The number of rotatable bonds is 3. The van der Waals surface area contributed by atoms with Gasteiger partial charge in [-0.2, -0.15) is 0 Å². The summed E-state index contributed by atoms with van der Waals surface area (Å²) in [4.78, 5) is 20.1. The molecule has 1 aromatic carbocycles. The molecule has 0 unspecified atom stereocenters. The highest BCUT2D eigenvalue weighted by molar-refractivity contribution is 7.19. The van der Waals surface area contributed by atoms with E-state index in [-0.39, 0.29) is 6.41 Å². The van der Waals surface area contributed by atoms with Gasteiger partial charge in [-0.3, -0.25) is 4.79 Å². The van der Waals surface area contributed by atoms with E-state index < -0.39 is 0 Å². The molecule has 0 saturated heterocycles. The number of thiophene rings is 1. The van der Waals surface area contributed by atoms with Crippen LogP contribution in [-0.4, -0.2) is 22.4 Å². The van der Waals surface area contributed by atoms with Gasteiger partial charge in [0.05, 0.1) is 16.8 Å². The molecule has 0 spiro atoms. The van der Waals surface area contributed by atoms with Crippen LogP contribution in [0.4, 0.5) is 11.6 Å². The third kappa shape index (κ3) is 3.56. The van der Waals surface area contributed by atoms with Gasteiger partial charge in [0, 0.05) is 16.5 Å². The van der Waals surface area contributed by atoms with Gasteiger partial charge in [-0.25, -0.2) is 9.97 Å². The molecule has 7 heteroatoms. The Balaban J connectivity index is 0.000000569. The van der Waals surface area contributed by atoms with E-state index in [0.717, 1.165) is 38.0 Å². The Morgan fingerprint density at radius 1 is 1.24 bits per heavy atom. The number of primary amides is 1. The maximum Gasteiger partial charge on any atom is 0.224 e. The van der Waals surface area contributed by atoms with Crippen LogP contribution < -0.4 is 16.8 Å². The third-order valence-electron chi connectivity index (χ3n) is 4.08. The molecule has 1 aliphatic rings. The molecular formula is C18H21N5OS. The number of nitrogens with zero attached hydrogens (tertiary/aromatic N) is 2. The van der Waals surface area contributed by atoms with Crippen molar-refractivity contribution in [3.63, 3.8) is 0 Å². The maximum absolute atomic E-state index is 8.58. The number of amides is 1. The van der Waals surface area contributed by atoms with Crippen molar-refractivity contribution in [2.75, 3.05) is 11.1 Å². The van der Waals surface area contributed by atoms with Crippen LogP contribution in [0.25, 0.3) is 21.5 Å². The van der Waals surface area contributed by atoms with Crippen molar-refractivity contribution < 1.29 is 4.79 Å².